The molecule has 0 saturated heterocycles. The van der Waals surface area contributed by atoms with Crippen LogP contribution in [-0.2, 0) is 9.53 Å². The largest absolute Gasteiger partial charge is 0.464 e. The van der Waals surface area contributed by atoms with Gasteiger partial charge in [-0.3, -0.25) is 0 Å². The van der Waals surface area contributed by atoms with Crippen LogP contribution in [0.3, 0.4) is 0 Å². The zero-order valence-electron chi connectivity index (χ0n) is 9.17. The number of carbonyl (C=O) groups excluding carboxylic acids is 1. The van der Waals surface area contributed by atoms with Crippen molar-refractivity contribution in [2.24, 2.45) is 0 Å². The van der Waals surface area contributed by atoms with Crippen LogP contribution >= 0.6 is 0 Å². The van der Waals surface area contributed by atoms with Gasteiger partial charge in [-0.15, -0.1) is 0 Å². The Morgan fingerprint density at radius 3 is 2.40 bits per heavy atom. The van der Waals surface area contributed by atoms with Gasteiger partial charge in [0.15, 0.2) is 0 Å². The summed E-state index contributed by atoms with van der Waals surface area (Å²) >= 11 is 0. The summed E-state index contributed by atoms with van der Waals surface area (Å²) in [4.78, 5) is 11.2. The molecule has 1 saturated carbocycles. The normalized spacial score (nSPS) is 22.9. The second-order valence-electron chi connectivity index (χ2n) is 4.13. The van der Waals surface area contributed by atoms with Crippen molar-refractivity contribution in [3.05, 3.63) is 0 Å². The van der Waals surface area contributed by atoms with Gasteiger partial charge in [-0.25, -0.2) is 9.18 Å². The topological polar surface area (TPSA) is 46.5 Å². The van der Waals surface area contributed by atoms with E-state index in [0.29, 0.717) is 12.8 Å². The number of halogens is 1. The third kappa shape index (κ3) is 3.16. The van der Waals surface area contributed by atoms with E-state index >= 15 is 0 Å². The highest BCUT2D eigenvalue weighted by Crippen LogP contribution is 2.31. The van der Waals surface area contributed by atoms with Gasteiger partial charge in [-0.2, -0.15) is 0 Å². The van der Waals surface area contributed by atoms with Crippen LogP contribution in [0.1, 0.15) is 45.4 Å². The molecule has 3 nitrogen and oxygen atoms in total. The summed E-state index contributed by atoms with van der Waals surface area (Å²) in [5.41, 5.74) is -1.50. The second kappa shape index (κ2) is 5.45. The van der Waals surface area contributed by atoms with Crippen molar-refractivity contribution in [2.45, 2.75) is 57.2 Å². The highest BCUT2D eigenvalue weighted by Gasteiger charge is 2.42. The minimum Gasteiger partial charge on any atom is -0.464 e. The van der Waals surface area contributed by atoms with Gasteiger partial charge in [0, 0.05) is 0 Å². The Morgan fingerprint density at radius 2 is 1.93 bits per heavy atom. The number of ether oxygens (including phenoxy) is 1. The molecule has 1 fully saturated rings. The molecule has 0 radical (unpaired) electrons. The maximum Gasteiger partial charge on any atom is 0.343 e. The number of hydrogen-bond donors (Lipinski definition) is 1. The number of alkyl halides is 1. The number of hydrogen-bond acceptors (Lipinski definition) is 3. The van der Waals surface area contributed by atoms with Crippen molar-refractivity contribution in [1.29, 1.82) is 0 Å². The summed E-state index contributed by atoms with van der Waals surface area (Å²) in [6, 6.07) is 0. The first kappa shape index (κ1) is 12.4. The first-order chi connectivity index (χ1) is 7.10. The molecular weight excluding hydrogens is 199 g/mol. The van der Waals surface area contributed by atoms with E-state index < -0.39 is 17.7 Å². The Morgan fingerprint density at radius 1 is 1.40 bits per heavy atom. The summed E-state index contributed by atoms with van der Waals surface area (Å²) in [7, 11) is 0. The van der Waals surface area contributed by atoms with Crippen LogP contribution < -0.4 is 0 Å². The Bertz CT molecular complexity index is 210. The van der Waals surface area contributed by atoms with Gasteiger partial charge in [-0.1, -0.05) is 25.7 Å². The average molecular weight is 218 g/mol. The number of esters is 1. The van der Waals surface area contributed by atoms with Gasteiger partial charge in [0.05, 0.1) is 6.61 Å². The number of rotatable bonds is 3. The molecule has 15 heavy (non-hydrogen) atoms. The molecule has 0 aromatic heterocycles. The van der Waals surface area contributed by atoms with E-state index in [1.807, 2.05) is 0 Å². The lowest BCUT2D eigenvalue weighted by Crippen LogP contribution is -2.44. The molecule has 0 aromatic carbocycles. The van der Waals surface area contributed by atoms with Gasteiger partial charge >= 0.3 is 5.97 Å². The average Bonchev–Trinajstić information content (AvgIpc) is 2.43. The summed E-state index contributed by atoms with van der Waals surface area (Å²) < 4.78 is 18.3. The van der Waals surface area contributed by atoms with Crippen LogP contribution in [0.2, 0.25) is 0 Å². The summed E-state index contributed by atoms with van der Waals surface area (Å²) in [6.07, 6.45) is 2.36. The molecule has 1 rings (SSSR count). The van der Waals surface area contributed by atoms with Crippen LogP contribution in [0, 0.1) is 0 Å². The van der Waals surface area contributed by atoms with Crippen molar-refractivity contribution in [3.63, 3.8) is 0 Å². The van der Waals surface area contributed by atoms with E-state index in [0.717, 1.165) is 25.7 Å². The maximum absolute atomic E-state index is 13.7. The molecule has 0 heterocycles. The molecule has 0 bridgehead atoms. The first-order valence-corrected chi connectivity index (χ1v) is 5.63. The van der Waals surface area contributed by atoms with Crippen LogP contribution in [0.15, 0.2) is 0 Å². The standard InChI is InChI=1S/C11H19FO3/c1-2-15-10(13)9(12)11(14)7-5-3-4-6-8-11/h9,14H,2-8H2,1H3. The van der Waals surface area contributed by atoms with Crippen molar-refractivity contribution in [1.82, 2.24) is 0 Å². The molecule has 0 spiro atoms. The molecule has 0 amide bonds. The zero-order chi connectivity index (χ0) is 11.3. The number of aliphatic hydroxyl groups is 1. The third-order valence-corrected chi connectivity index (χ3v) is 2.93. The van der Waals surface area contributed by atoms with E-state index in [-0.39, 0.29) is 6.61 Å². The molecule has 0 aliphatic heterocycles. The lowest BCUT2D eigenvalue weighted by atomic mass is 9.89. The van der Waals surface area contributed by atoms with Gasteiger partial charge in [0.1, 0.15) is 5.60 Å². The van der Waals surface area contributed by atoms with Crippen molar-refractivity contribution in [3.8, 4) is 0 Å². The minimum atomic E-state index is -1.89. The molecular formula is C11H19FO3. The predicted molar refractivity (Wildman–Crippen MR) is 54.2 cm³/mol. The molecule has 0 aromatic rings. The summed E-state index contributed by atoms with van der Waals surface area (Å²) in [5.74, 6) is -0.929. The van der Waals surface area contributed by atoms with Crippen molar-refractivity contribution in [2.75, 3.05) is 6.61 Å². The van der Waals surface area contributed by atoms with Crippen molar-refractivity contribution < 1.29 is 19.0 Å². The molecule has 1 N–H and O–H groups in total. The van der Waals surface area contributed by atoms with E-state index in [4.69, 9.17) is 0 Å². The van der Waals surface area contributed by atoms with Crippen molar-refractivity contribution >= 4 is 5.97 Å². The van der Waals surface area contributed by atoms with Crippen LogP contribution in [0.25, 0.3) is 0 Å². The summed E-state index contributed by atoms with van der Waals surface area (Å²) in [6.45, 7) is 1.77. The fourth-order valence-corrected chi connectivity index (χ4v) is 2.03. The second-order valence-corrected chi connectivity index (χ2v) is 4.13. The van der Waals surface area contributed by atoms with Crippen LogP contribution in [-0.4, -0.2) is 29.5 Å². The van der Waals surface area contributed by atoms with Gasteiger partial charge in [0.25, 0.3) is 0 Å². The van der Waals surface area contributed by atoms with E-state index in [2.05, 4.69) is 4.74 Å². The maximum atomic E-state index is 13.7. The van der Waals surface area contributed by atoms with E-state index in [1.54, 1.807) is 6.92 Å². The lowest BCUT2D eigenvalue weighted by molar-refractivity contribution is -0.161. The van der Waals surface area contributed by atoms with E-state index in [1.165, 1.54) is 0 Å². The minimum absolute atomic E-state index is 0.148. The Balaban J connectivity index is 2.61. The predicted octanol–water partition coefficient (Wildman–Crippen LogP) is 1.97. The van der Waals surface area contributed by atoms with Crippen LogP contribution in [0.4, 0.5) is 4.39 Å². The fraction of sp³-hybridized carbons (Fsp3) is 0.909. The molecule has 88 valence electrons. The Labute approximate surface area is 89.6 Å². The van der Waals surface area contributed by atoms with Gasteiger partial charge in [0.2, 0.25) is 6.17 Å². The smallest absolute Gasteiger partial charge is 0.343 e. The monoisotopic (exact) mass is 218 g/mol. The van der Waals surface area contributed by atoms with Crippen LogP contribution in [0.5, 0.6) is 0 Å². The SMILES string of the molecule is CCOC(=O)C(F)C1(O)CCCCCC1. The van der Waals surface area contributed by atoms with Gasteiger partial charge in [-0.05, 0) is 19.8 Å². The highest BCUT2D eigenvalue weighted by atomic mass is 19.1. The molecule has 4 heteroatoms. The molecule has 1 aliphatic rings. The highest BCUT2D eigenvalue weighted by molar-refractivity contribution is 5.76. The Kier molecular flexibility index (Phi) is 4.51. The summed E-state index contributed by atoms with van der Waals surface area (Å²) in [5, 5.41) is 10.0. The fourth-order valence-electron chi connectivity index (χ4n) is 2.03. The molecule has 1 atom stereocenters. The first-order valence-electron chi connectivity index (χ1n) is 5.63. The quantitative estimate of drug-likeness (QED) is 0.582. The molecule has 1 unspecified atom stereocenters. The Hall–Kier alpha value is -0.640. The number of carbonyl (C=O) groups is 1. The van der Waals surface area contributed by atoms with Gasteiger partial charge < -0.3 is 9.84 Å². The zero-order valence-corrected chi connectivity index (χ0v) is 9.17. The lowest BCUT2D eigenvalue weighted by Gasteiger charge is -2.28. The molecule has 1 aliphatic carbocycles. The van der Waals surface area contributed by atoms with E-state index in [9.17, 15) is 14.3 Å². The third-order valence-electron chi connectivity index (χ3n) is 2.93.